The Kier molecular flexibility index (Phi) is 9.90. The molecular weight excluding hydrogens is 489 g/mol. The number of aryl methyl sites for hydroxylation is 1. The predicted molar refractivity (Wildman–Crippen MR) is 131 cm³/mol. The Morgan fingerprint density at radius 3 is 2.54 bits per heavy atom. The van der Waals surface area contributed by atoms with Crippen molar-refractivity contribution in [2.75, 3.05) is 26.2 Å². The molecule has 4 N–H and O–H groups in total. The molecule has 0 aliphatic carbocycles. The number of ether oxygens (including phenoxy) is 1. The lowest BCUT2D eigenvalue weighted by Gasteiger charge is -2.21. The zero-order valence-electron chi connectivity index (χ0n) is 20.5. The molecule has 0 fully saturated rings. The van der Waals surface area contributed by atoms with Gasteiger partial charge in [0.05, 0.1) is 18.2 Å². The number of fused-ring (bicyclic) bond motifs is 1. The van der Waals surface area contributed by atoms with Gasteiger partial charge in [-0.15, -0.1) is 0 Å². The molecule has 37 heavy (non-hydrogen) atoms. The number of carbonyl (C=O) groups excluding carboxylic acids is 3. The third-order valence-electron chi connectivity index (χ3n) is 5.85. The van der Waals surface area contributed by atoms with E-state index in [-0.39, 0.29) is 32.0 Å². The average molecular weight is 521 g/mol. The molecule has 1 heterocycles. The van der Waals surface area contributed by atoms with E-state index in [1.807, 2.05) is 24.3 Å². The average Bonchev–Trinajstić information content (AvgIpc) is 2.86. The highest BCUT2D eigenvalue weighted by molar-refractivity contribution is 5.91. The van der Waals surface area contributed by atoms with Gasteiger partial charge in [0.15, 0.2) is 0 Å². The van der Waals surface area contributed by atoms with Gasteiger partial charge < -0.3 is 26.0 Å². The van der Waals surface area contributed by atoms with E-state index in [0.29, 0.717) is 30.7 Å². The minimum atomic E-state index is -4.51. The lowest BCUT2D eigenvalue weighted by molar-refractivity contribution is -0.137. The maximum atomic E-state index is 13.2. The van der Waals surface area contributed by atoms with E-state index in [2.05, 4.69) is 21.3 Å². The van der Waals surface area contributed by atoms with Crippen LogP contribution < -0.4 is 26.0 Å². The van der Waals surface area contributed by atoms with Crippen LogP contribution in [0.5, 0.6) is 5.75 Å². The minimum Gasteiger partial charge on any atom is -0.492 e. The first-order chi connectivity index (χ1) is 17.6. The fourth-order valence-electron chi connectivity index (χ4n) is 3.91. The third kappa shape index (κ3) is 8.78. The van der Waals surface area contributed by atoms with Crippen LogP contribution in [0.2, 0.25) is 0 Å². The number of hydrogen-bond acceptors (Lipinski definition) is 5. The number of halogens is 3. The van der Waals surface area contributed by atoms with Gasteiger partial charge in [-0.2, -0.15) is 13.2 Å². The number of hydrogen-bond donors (Lipinski definition) is 4. The van der Waals surface area contributed by atoms with Crippen LogP contribution in [0, 0.1) is 0 Å². The number of para-hydroxylation sites is 1. The van der Waals surface area contributed by atoms with Gasteiger partial charge in [-0.05, 0) is 49.4 Å². The number of amides is 3. The van der Waals surface area contributed by atoms with Crippen molar-refractivity contribution in [1.29, 1.82) is 0 Å². The zero-order valence-corrected chi connectivity index (χ0v) is 20.5. The van der Waals surface area contributed by atoms with Crippen molar-refractivity contribution in [1.82, 2.24) is 21.3 Å². The summed E-state index contributed by atoms with van der Waals surface area (Å²) in [6.07, 6.45) is -3.22. The molecule has 0 radical (unpaired) electrons. The second-order valence-corrected chi connectivity index (χ2v) is 8.77. The molecule has 2 aromatic rings. The molecule has 2 atom stereocenters. The van der Waals surface area contributed by atoms with Crippen LogP contribution in [0.3, 0.4) is 0 Å². The summed E-state index contributed by atoms with van der Waals surface area (Å²) in [5.41, 5.74) is 0.459. The van der Waals surface area contributed by atoms with Crippen LogP contribution in [0.1, 0.15) is 30.0 Å². The summed E-state index contributed by atoms with van der Waals surface area (Å²) in [7, 11) is 0. The van der Waals surface area contributed by atoms with Crippen LogP contribution in [0.15, 0.2) is 48.5 Å². The van der Waals surface area contributed by atoms with Crippen molar-refractivity contribution in [2.45, 2.75) is 44.4 Å². The number of benzene rings is 2. The molecule has 1 aliphatic heterocycles. The highest BCUT2D eigenvalue weighted by Crippen LogP contribution is 2.29. The molecule has 3 amide bonds. The Bertz CT molecular complexity index is 1090. The zero-order chi connectivity index (χ0) is 26.8. The SMILES string of the molecule is CC1NC(=O)CNC(=O)C(Cc2cccc(C(F)(F)F)c2)NCCOc2ccccc2CCCNC1=O. The summed E-state index contributed by atoms with van der Waals surface area (Å²) >= 11 is 0. The Balaban J connectivity index is 1.76. The quantitative estimate of drug-likeness (QED) is 0.484. The van der Waals surface area contributed by atoms with Crippen LogP contribution in [-0.4, -0.2) is 56.0 Å². The molecule has 0 bridgehead atoms. The van der Waals surface area contributed by atoms with Gasteiger partial charge in [0.1, 0.15) is 18.4 Å². The second-order valence-electron chi connectivity index (χ2n) is 8.77. The van der Waals surface area contributed by atoms with Gasteiger partial charge in [-0.25, -0.2) is 0 Å². The smallest absolute Gasteiger partial charge is 0.416 e. The van der Waals surface area contributed by atoms with E-state index in [9.17, 15) is 27.6 Å². The van der Waals surface area contributed by atoms with E-state index in [0.717, 1.165) is 17.7 Å². The van der Waals surface area contributed by atoms with Gasteiger partial charge in [-0.1, -0.05) is 36.4 Å². The summed E-state index contributed by atoms with van der Waals surface area (Å²) in [4.78, 5) is 37.4. The lowest BCUT2D eigenvalue weighted by Crippen LogP contribution is -2.51. The number of carbonyl (C=O) groups is 3. The summed E-state index contributed by atoms with van der Waals surface area (Å²) < 4.78 is 45.3. The summed E-state index contributed by atoms with van der Waals surface area (Å²) in [5.74, 6) is -0.802. The second kappa shape index (κ2) is 13.1. The maximum Gasteiger partial charge on any atom is 0.416 e. The largest absolute Gasteiger partial charge is 0.492 e. The lowest BCUT2D eigenvalue weighted by atomic mass is 10.0. The third-order valence-corrected chi connectivity index (χ3v) is 5.85. The van der Waals surface area contributed by atoms with Gasteiger partial charge in [-0.3, -0.25) is 14.4 Å². The van der Waals surface area contributed by atoms with Crippen molar-refractivity contribution in [3.8, 4) is 5.75 Å². The first-order valence-electron chi connectivity index (χ1n) is 12.1. The van der Waals surface area contributed by atoms with Crippen molar-refractivity contribution in [3.05, 3.63) is 65.2 Å². The number of alkyl halides is 3. The van der Waals surface area contributed by atoms with Crippen molar-refractivity contribution < 1.29 is 32.3 Å². The number of rotatable bonds is 2. The first kappa shape index (κ1) is 28.0. The Labute approximate surface area is 213 Å². The molecule has 0 saturated carbocycles. The van der Waals surface area contributed by atoms with Crippen molar-refractivity contribution in [2.24, 2.45) is 0 Å². The monoisotopic (exact) mass is 520 g/mol. The summed E-state index contributed by atoms with van der Waals surface area (Å²) in [6, 6.07) is 10.5. The van der Waals surface area contributed by atoms with Crippen LogP contribution >= 0.6 is 0 Å². The highest BCUT2D eigenvalue weighted by atomic mass is 19.4. The van der Waals surface area contributed by atoms with Gasteiger partial charge in [0, 0.05) is 13.1 Å². The predicted octanol–water partition coefficient (Wildman–Crippen LogP) is 1.97. The fraction of sp³-hybridized carbons (Fsp3) is 0.423. The highest BCUT2D eigenvalue weighted by Gasteiger charge is 2.31. The van der Waals surface area contributed by atoms with E-state index in [1.165, 1.54) is 19.1 Å². The van der Waals surface area contributed by atoms with Gasteiger partial charge in [0.2, 0.25) is 17.7 Å². The molecule has 3 rings (SSSR count). The molecule has 0 saturated heterocycles. The molecule has 0 spiro atoms. The van der Waals surface area contributed by atoms with Crippen molar-refractivity contribution >= 4 is 17.7 Å². The van der Waals surface area contributed by atoms with Crippen LogP contribution in [0.25, 0.3) is 0 Å². The van der Waals surface area contributed by atoms with Gasteiger partial charge in [0.25, 0.3) is 0 Å². The van der Waals surface area contributed by atoms with E-state index in [1.54, 1.807) is 0 Å². The Morgan fingerprint density at radius 2 is 1.76 bits per heavy atom. The molecular formula is C26H31F3N4O4. The minimum absolute atomic E-state index is 0.0350. The topological polar surface area (TPSA) is 109 Å². The Hall–Kier alpha value is -3.60. The maximum absolute atomic E-state index is 13.2. The molecule has 8 nitrogen and oxygen atoms in total. The molecule has 0 aromatic heterocycles. The molecule has 2 aromatic carbocycles. The van der Waals surface area contributed by atoms with Crippen molar-refractivity contribution in [3.63, 3.8) is 0 Å². The summed E-state index contributed by atoms with van der Waals surface area (Å²) in [6.45, 7) is 2.02. The molecule has 11 heteroatoms. The Morgan fingerprint density at radius 1 is 0.973 bits per heavy atom. The molecule has 1 aliphatic rings. The van der Waals surface area contributed by atoms with Crippen LogP contribution in [0.4, 0.5) is 13.2 Å². The van der Waals surface area contributed by atoms with Crippen LogP contribution in [-0.2, 0) is 33.4 Å². The van der Waals surface area contributed by atoms with E-state index in [4.69, 9.17) is 4.74 Å². The van der Waals surface area contributed by atoms with E-state index >= 15 is 0 Å². The number of nitrogens with one attached hydrogen (secondary N) is 4. The molecule has 2 unspecified atom stereocenters. The first-order valence-corrected chi connectivity index (χ1v) is 12.1. The molecule has 200 valence electrons. The van der Waals surface area contributed by atoms with E-state index < -0.39 is 35.6 Å². The fourth-order valence-corrected chi connectivity index (χ4v) is 3.91. The normalized spacial score (nSPS) is 20.8. The standard InChI is InChI=1S/C26H31F3N4O4/c1-17-24(35)31-11-5-8-19-7-2-3-10-22(19)37-13-12-30-21(25(36)32-16-23(34)33-17)15-18-6-4-9-20(14-18)26(27,28)29/h2-4,6-7,9-10,14,17,21,30H,5,8,11-13,15-16H2,1H3,(H,31,35)(H,32,36)(H,33,34). The summed E-state index contributed by atoms with van der Waals surface area (Å²) in [5, 5.41) is 10.8. The van der Waals surface area contributed by atoms with Gasteiger partial charge >= 0.3 is 6.18 Å².